The van der Waals surface area contributed by atoms with Crippen LogP contribution in [0.25, 0.3) is 0 Å². The highest BCUT2D eigenvalue weighted by atomic mass is 15.1. The standard InChI is InChI=1S/C19H24N2/c1-21(13-16-7-5-15(12-20)6-8-16)14-17-9-10-18-3-2-4-19(18)11-17/h5-11H,2-4,12-14,20H2,1H3. The Morgan fingerprint density at radius 2 is 1.48 bits per heavy atom. The van der Waals surface area contributed by atoms with Gasteiger partial charge in [0, 0.05) is 19.6 Å². The minimum absolute atomic E-state index is 0.616. The highest BCUT2D eigenvalue weighted by molar-refractivity contribution is 5.35. The van der Waals surface area contributed by atoms with Gasteiger partial charge in [-0.15, -0.1) is 0 Å². The SMILES string of the molecule is CN(Cc1ccc(CN)cc1)Cc1ccc2c(c1)CCC2. The van der Waals surface area contributed by atoms with Crippen molar-refractivity contribution in [1.82, 2.24) is 4.90 Å². The summed E-state index contributed by atoms with van der Waals surface area (Å²) in [4.78, 5) is 2.37. The van der Waals surface area contributed by atoms with Gasteiger partial charge >= 0.3 is 0 Å². The Labute approximate surface area is 127 Å². The molecular weight excluding hydrogens is 256 g/mol. The number of benzene rings is 2. The minimum Gasteiger partial charge on any atom is -0.326 e. The summed E-state index contributed by atoms with van der Waals surface area (Å²) in [5.41, 5.74) is 12.7. The van der Waals surface area contributed by atoms with Crippen molar-refractivity contribution < 1.29 is 0 Å². The number of nitrogens with two attached hydrogens (primary N) is 1. The van der Waals surface area contributed by atoms with Crippen molar-refractivity contribution in [3.8, 4) is 0 Å². The zero-order valence-corrected chi connectivity index (χ0v) is 12.8. The van der Waals surface area contributed by atoms with Gasteiger partial charge in [0.1, 0.15) is 0 Å². The molecule has 0 atom stereocenters. The molecule has 21 heavy (non-hydrogen) atoms. The van der Waals surface area contributed by atoms with Crippen LogP contribution in [0.1, 0.15) is 34.2 Å². The molecular formula is C19H24N2. The largest absolute Gasteiger partial charge is 0.326 e. The zero-order valence-electron chi connectivity index (χ0n) is 12.8. The summed E-state index contributed by atoms with van der Waals surface area (Å²) in [6.07, 6.45) is 3.84. The molecule has 110 valence electrons. The first-order valence-corrected chi connectivity index (χ1v) is 7.82. The maximum absolute atomic E-state index is 5.64. The number of rotatable bonds is 5. The third-order valence-electron chi connectivity index (χ3n) is 4.33. The van der Waals surface area contributed by atoms with Crippen molar-refractivity contribution in [2.75, 3.05) is 7.05 Å². The number of fused-ring (bicyclic) bond motifs is 1. The molecule has 2 heteroatoms. The lowest BCUT2D eigenvalue weighted by Gasteiger charge is -2.17. The predicted octanol–water partition coefficient (Wildman–Crippen LogP) is 3.27. The van der Waals surface area contributed by atoms with Crippen LogP contribution in [0.2, 0.25) is 0 Å². The van der Waals surface area contributed by atoms with Gasteiger partial charge in [-0.05, 0) is 54.1 Å². The normalized spacial score (nSPS) is 13.7. The van der Waals surface area contributed by atoms with Crippen molar-refractivity contribution in [1.29, 1.82) is 0 Å². The van der Waals surface area contributed by atoms with Crippen LogP contribution in [0.5, 0.6) is 0 Å². The third kappa shape index (κ3) is 3.52. The molecule has 0 spiro atoms. The summed E-state index contributed by atoms with van der Waals surface area (Å²) in [5.74, 6) is 0. The maximum atomic E-state index is 5.64. The Kier molecular flexibility index (Phi) is 4.37. The van der Waals surface area contributed by atoms with Crippen molar-refractivity contribution >= 4 is 0 Å². The first kappa shape index (κ1) is 14.3. The fourth-order valence-electron chi connectivity index (χ4n) is 3.18. The van der Waals surface area contributed by atoms with Crippen LogP contribution in [0, 0.1) is 0 Å². The summed E-state index contributed by atoms with van der Waals surface area (Å²) in [6, 6.07) is 15.6. The van der Waals surface area contributed by atoms with Crippen LogP contribution in [0.4, 0.5) is 0 Å². The third-order valence-corrected chi connectivity index (χ3v) is 4.33. The van der Waals surface area contributed by atoms with E-state index in [0.29, 0.717) is 6.54 Å². The lowest BCUT2D eigenvalue weighted by Crippen LogP contribution is -2.17. The average Bonchev–Trinajstić information content (AvgIpc) is 2.95. The molecule has 0 aliphatic heterocycles. The average molecular weight is 280 g/mol. The van der Waals surface area contributed by atoms with E-state index in [9.17, 15) is 0 Å². The van der Waals surface area contributed by atoms with E-state index in [4.69, 9.17) is 5.73 Å². The van der Waals surface area contributed by atoms with Crippen molar-refractivity contribution in [3.05, 3.63) is 70.3 Å². The van der Waals surface area contributed by atoms with Crippen LogP contribution >= 0.6 is 0 Å². The van der Waals surface area contributed by atoms with E-state index in [0.717, 1.165) is 13.1 Å². The summed E-state index contributed by atoms with van der Waals surface area (Å²) in [5, 5.41) is 0. The highest BCUT2D eigenvalue weighted by Gasteiger charge is 2.11. The van der Waals surface area contributed by atoms with Crippen LogP contribution in [-0.2, 0) is 32.5 Å². The molecule has 3 rings (SSSR count). The van der Waals surface area contributed by atoms with Gasteiger partial charge < -0.3 is 5.73 Å². The second-order valence-corrected chi connectivity index (χ2v) is 6.15. The summed E-state index contributed by atoms with van der Waals surface area (Å²) < 4.78 is 0. The van der Waals surface area contributed by atoms with E-state index in [1.165, 1.54) is 36.0 Å². The van der Waals surface area contributed by atoms with Crippen LogP contribution < -0.4 is 5.73 Å². The van der Waals surface area contributed by atoms with E-state index in [2.05, 4.69) is 54.4 Å². The smallest absolute Gasteiger partial charge is 0.0234 e. The van der Waals surface area contributed by atoms with Crippen molar-refractivity contribution in [2.24, 2.45) is 5.73 Å². The molecule has 0 unspecified atom stereocenters. The zero-order chi connectivity index (χ0) is 14.7. The number of hydrogen-bond acceptors (Lipinski definition) is 2. The second kappa shape index (κ2) is 6.42. The lowest BCUT2D eigenvalue weighted by molar-refractivity contribution is 0.319. The molecule has 2 nitrogen and oxygen atoms in total. The summed E-state index contributed by atoms with van der Waals surface area (Å²) >= 11 is 0. The Morgan fingerprint density at radius 3 is 2.24 bits per heavy atom. The van der Waals surface area contributed by atoms with E-state index in [-0.39, 0.29) is 0 Å². The molecule has 0 fully saturated rings. The summed E-state index contributed by atoms with van der Waals surface area (Å²) in [6.45, 7) is 2.60. The first-order chi connectivity index (χ1) is 10.2. The predicted molar refractivity (Wildman–Crippen MR) is 88.0 cm³/mol. The van der Waals surface area contributed by atoms with Crippen LogP contribution in [-0.4, -0.2) is 11.9 Å². The highest BCUT2D eigenvalue weighted by Crippen LogP contribution is 2.23. The van der Waals surface area contributed by atoms with Gasteiger partial charge in [0.25, 0.3) is 0 Å². The Bertz CT molecular complexity index is 601. The molecule has 0 bridgehead atoms. The van der Waals surface area contributed by atoms with Gasteiger partial charge in [0.15, 0.2) is 0 Å². The molecule has 2 aromatic rings. The lowest BCUT2D eigenvalue weighted by atomic mass is 10.1. The van der Waals surface area contributed by atoms with Crippen LogP contribution in [0.15, 0.2) is 42.5 Å². The number of aryl methyl sites for hydroxylation is 2. The van der Waals surface area contributed by atoms with Gasteiger partial charge in [0.05, 0.1) is 0 Å². The van der Waals surface area contributed by atoms with Gasteiger partial charge in [-0.3, -0.25) is 4.90 Å². The molecule has 1 aliphatic carbocycles. The molecule has 0 amide bonds. The van der Waals surface area contributed by atoms with Gasteiger partial charge in [-0.25, -0.2) is 0 Å². The number of nitrogens with zero attached hydrogens (tertiary/aromatic N) is 1. The number of hydrogen-bond donors (Lipinski definition) is 1. The first-order valence-electron chi connectivity index (χ1n) is 7.82. The molecule has 0 heterocycles. The van der Waals surface area contributed by atoms with Gasteiger partial charge in [-0.2, -0.15) is 0 Å². The van der Waals surface area contributed by atoms with Gasteiger partial charge in [0.2, 0.25) is 0 Å². The maximum Gasteiger partial charge on any atom is 0.0234 e. The quantitative estimate of drug-likeness (QED) is 0.911. The van der Waals surface area contributed by atoms with E-state index >= 15 is 0 Å². The fraction of sp³-hybridized carbons (Fsp3) is 0.368. The van der Waals surface area contributed by atoms with E-state index in [1.807, 2.05) is 0 Å². The molecule has 0 aromatic heterocycles. The Hall–Kier alpha value is -1.64. The monoisotopic (exact) mass is 280 g/mol. The fourth-order valence-corrected chi connectivity index (χ4v) is 3.18. The topological polar surface area (TPSA) is 29.3 Å². The Morgan fingerprint density at radius 1 is 0.857 bits per heavy atom. The van der Waals surface area contributed by atoms with Gasteiger partial charge in [-0.1, -0.05) is 42.5 Å². The molecule has 1 aliphatic rings. The molecule has 0 radical (unpaired) electrons. The Balaban J connectivity index is 1.61. The molecule has 2 N–H and O–H groups in total. The minimum atomic E-state index is 0.616. The summed E-state index contributed by atoms with van der Waals surface area (Å²) in [7, 11) is 2.18. The molecule has 2 aromatic carbocycles. The van der Waals surface area contributed by atoms with Crippen molar-refractivity contribution in [2.45, 2.75) is 38.9 Å². The molecule has 0 saturated heterocycles. The second-order valence-electron chi connectivity index (χ2n) is 6.15. The molecule has 0 saturated carbocycles. The van der Waals surface area contributed by atoms with E-state index < -0.39 is 0 Å². The van der Waals surface area contributed by atoms with Crippen molar-refractivity contribution in [3.63, 3.8) is 0 Å². The van der Waals surface area contributed by atoms with Crippen LogP contribution in [0.3, 0.4) is 0 Å². The van der Waals surface area contributed by atoms with E-state index in [1.54, 1.807) is 11.1 Å².